The Morgan fingerprint density at radius 1 is 1.16 bits per heavy atom. The second kappa shape index (κ2) is 8.70. The van der Waals surface area contributed by atoms with Gasteiger partial charge in [-0.1, -0.05) is 37.3 Å². The standard InChI is InChI=1S/C21H32N2O2/c1-3-22-21(24)23-14-13-16(2)20(23)15-25-19-11-9-18(10-12-19)17-7-5-4-6-8-17/h4-8,16,18-20H,3,9-15H2,1-2H3,(H,22,24)/t16-,18?,19?,20?/m0/s1. The molecule has 0 radical (unpaired) electrons. The molecule has 2 fully saturated rings. The van der Waals surface area contributed by atoms with Crippen LogP contribution in [0.15, 0.2) is 30.3 Å². The van der Waals surface area contributed by atoms with Gasteiger partial charge in [-0.25, -0.2) is 4.79 Å². The van der Waals surface area contributed by atoms with Crippen LogP contribution in [0.2, 0.25) is 0 Å². The van der Waals surface area contributed by atoms with E-state index in [4.69, 9.17) is 4.74 Å². The van der Waals surface area contributed by atoms with E-state index in [0.29, 0.717) is 31.1 Å². The van der Waals surface area contributed by atoms with Gasteiger partial charge < -0.3 is 15.0 Å². The van der Waals surface area contributed by atoms with Gasteiger partial charge >= 0.3 is 6.03 Å². The Morgan fingerprint density at radius 3 is 2.56 bits per heavy atom. The molecule has 1 saturated carbocycles. The molecule has 2 aliphatic rings. The molecule has 0 aromatic heterocycles. The molecule has 2 amide bonds. The Morgan fingerprint density at radius 2 is 1.88 bits per heavy atom. The summed E-state index contributed by atoms with van der Waals surface area (Å²) in [6, 6.07) is 11.1. The van der Waals surface area contributed by atoms with E-state index in [1.807, 2.05) is 11.8 Å². The molecule has 4 heteroatoms. The predicted octanol–water partition coefficient (Wildman–Crippen LogP) is 4.17. The Hall–Kier alpha value is -1.55. The lowest BCUT2D eigenvalue weighted by molar-refractivity contribution is -0.00360. The van der Waals surface area contributed by atoms with Gasteiger partial charge in [0.15, 0.2) is 0 Å². The number of urea groups is 1. The van der Waals surface area contributed by atoms with Gasteiger partial charge in [0.2, 0.25) is 0 Å². The first-order valence-corrected chi connectivity index (χ1v) is 9.90. The third-order valence-electron chi connectivity index (χ3n) is 5.92. The second-order valence-electron chi connectivity index (χ2n) is 7.58. The molecule has 2 atom stereocenters. The molecule has 4 nitrogen and oxygen atoms in total. The minimum atomic E-state index is 0.0632. The first-order chi connectivity index (χ1) is 12.2. The van der Waals surface area contributed by atoms with Gasteiger partial charge in [-0.15, -0.1) is 0 Å². The first-order valence-electron chi connectivity index (χ1n) is 9.90. The van der Waals surface area contributed by atoms with Crippen molar-refractivity contribution in [1.82, 2.24) is 10.2 Å². The molecule has 1 aromatic carbocycles. The summed E-state index contributed by atoms with van der Waals surface area (Å²) in [5.74, 6) is 1.20. The summed E-state index contributed by atoms with van der Waals surface area (Å²) in [5, 5.41) is 2.93. The zero-order chi connectivity index (χ0) is 17.6. The van der Waals surface area contributed by atoms with E-state index in [9.17, 15) is 4.79 Å². The molecule has 1 heterocycles. The fraction of sp³-hybridized carbons (Fsp3) is 0.667. The molecule has 1 unspecified atom stereocenters. The quantitative estimate of drug-likeness (QED) is 0.871. The number of amides is 2. The molecule has 1 saturated heterocycles. The summed E-state index contributed by atoms with van der Waals surface area (Å²) >= 11 is 0. The number of carbonyl (C=O) groups excluding carboxylic acids is 1. The summed E-state index contributed by atoms with van der Waals surface area (Å²) in [6.45, 7) is 6.41. The number of rotatable bonds is 5. The monoisotopic (exact) mass is 344 g/mol. The van der Waals surface area contributed by atoms with Crippen molar-refractivity contribution in [2.45, 2.75) is 64.0 Å². The number of ether oxygens (including phenoxy) is 1. The highest BCUT2D eigenvalue weighted by molar-refractivity contribution is 5.74. The van der Waals surface area contributed by atoms with Crippen LogP contribution in [-0.4, -0.2) is 42.8 Å². The number of nitrogens with zero attached hydrogens (tertiary/aromatic N) is 1. The van der Waals surface area contributed by atoms with E-state index in [0.717, 1.165) is 25.8 Å². The van der Waals surface area contributed by atoms with Crippen molar-refractivity contribution in [2.24, 2.45) is 5.92 Å². The molecule has 0 spiro atoms. The number of carbonyl (C=O) groups is 1. The minimum Gasteiger partial charge on any atom is -0.376 e. The van der Waals surface area contributed by atoms with Gasteiger partial charge in [-0.3, -0.25) is 0 Å². The number of likely N-dealkylation sites (tertiary alicyclic amines) is 1. The summed E-state index contributed by atoms with van der Waals surface area (Å²) in [4.78, 5) is 14.2. The van der Waals surface area contributed by atoms with E-state index in [2.05, 4.69) is 42.6 Å². The Balaban J connectivity index is 1.46. The smallest absolute Gasteiger partial charge is 0.317 e. The molecule has 25 heavy (non-hydrogen) atoms. The Kier molecular flexibility index (Phi) is 6.35. The van der Waals surface area contributed by atoms with Gasteiger partial charge in [0.05, 0.1) is 18.8 Å². The molecule has 1 aliphatic carbocycles. The van der Waals surface area contributed by atoms with Gasteiger partial charge in [0.1, 0.15) is 0 Å². The largest absolute Gasteiger partial charge is 0.376 e. The molecule has 1 aliphatic heterocycles. The lowest BCUT2D eigenvalue weighted by Gasteiger charge is -2.32. The van der Waals surface area contributed by atoms with Crippen LogP contribution in [0.25, 0.3) is 0 Å². The average Bonchev–Trinajstić information content (AvgIpc) is 3.02. The van der Waals surface area contributed by atoms with Gasteiger partial charge in [0.25, 0.3) is 0 Å². The van der Waals surface area contributed by atoms with Crippen LogP contribution in [0.3, 0.4) is 0 Å². The van der Waals surface area contributed by atoms with E-state index >= 15 is 0 Å². The Bertz CT molecular complexity index is 540. The normalized spacial score (nSPS) is 29.6. The van der Waals surface area contributed by atoms with Crippen molar-refractivity contribution in [2.75, 3.05) is 19.7 Å². The molecule has 1 N–H and O–H groups in total. The summed E-state index contributed by atoms with van der Waals surface area (Å²) in [5.41, 5.74) is 1.47. The van der Waals surface area contributed by atoms with Crippen LogP contribution in [-0.2, 0) is 4.74 Å². The first kappa shape index (κ1) is 18.2. The maximum absolute atomic E-state index is 12.2. The van der Waals surface area contributed by atoms with Crippen LogP contribution < -0.4 is 5.32 Å². The zero-order valence-corrected chi connectivity index (χ0v) is 15.6. The van der Waals surface area contributed by atoms with Crippen LogP contribution in [0.5, 0.6) is 0 Å². The molecule has 138 valence electrons. The van der Waals surface area contributed by atoms with Gasteiger partial charge in [0, 0.05) is 13.1 Å². The van der Waals surface area contributed by atoms with E-state index in [1.54, 1.807) is 0 Å². The number of benzene rings is 1. The molecular weight excluding hydrogens is 312 g/mol. The van der Waals surface area contributed by atoms with Crippen molar-refractivity contribution < 1.29 is 9.53 Å². The fourth-order valence-electron chi connectivity index (χ4n) is 4.29. The third-order valence-corrected chi connectivity index (χ3v) is 5.92. The highest BCUT2D eigenvalue weighted by atomic mass is 16.5. The molecule has 1 aromatic rings. The van der Waals surface area contributed by atoms with Crippen molar-refractivity contribution in [3.05, 3.63) is 35.9 Å². The highest BCUT2D eigenvalue weighted by Gasteiger charge is 2.35. The maximum Gasteiger partial charge on any atom is 0.317 e. The van der Waals surface area contributed by atoms with E-state index < -0.39 is 0 Å². The van der Waals surface area contributed by atoms with E-state index in [-0.39, 0.29) is 12.1 Å². The third kappa shape index (κ3) is 4.55. The van der Waals surface area contributed by atoms with Gasteiger partial charge in [-0.05, 0) is 56.4 Å². The van der Waals surface area contributed by atoms with Crippen LogP contribution >= 0.6 is 0 Å². The summed E-state index contributed by atoms with van der Waals surface area (Å²) in [6.07, 6.45) is 6.09. The lowest BCUT2D eigenvalue weighted by atomic mass is 9.83. The predicted molar refractivity (Wildman–Crippen MR) is 101 cm³/mol. The van der Waals surface area contributed by atoms with Crippen LogP contribution in [0, 0.1) is 5.92 Å². The fourth-order valence-corrected chi connectivity index (χ4v) is 4.29. The minimum absolute atomic E-state index is 0.0632. The van der Waals surface area contributed by atoms with Crippen molar-refractivity contribution in [1.29, 1.82) is 0 Å². The Labute approximate surface area is 151 Å². The van der Waals surface area contributed by atoms with Crippen LogP contribution in [0.1, 0.15) is 57.4 Å². The van der Waals surface area contributed by atoms with Crippen molar-refractivity contribution >= 4 is 6.03 Å². The molecule has 3 rings (SSSR count). The lowest BCUT2D eigenvalue weighted by Crippen LogP contribution is -2.46. The highest BCUT2D eigenvalue weighted by Crippen LogP contribution is 2.34. The number of nitrogens with one attached hydrogen (secondary N) is 1. The second-order valence-corrected chi connectivity index (χ2v) is 7.58. The maximum atomic E-state index is 12.2. The van der Waals surface area contributed by atoms with Crippen LogP contribution in [0.4, 0.5) is 4.79 Å². The SMILES string of the molecule is CCNC(=O)N1CC[C@H](C)C1COC1CCC(c2ccccc2)CC1. The molecular formula is C21H32N2O2. The van der Waals surface area contributed by atoms with Crippen molar-refractivity contribution in [3.8, 4) is 0 Å². The topological polar surface area (TPSA) is 41.6 Å². The number of hydrogen-bond acceptors (Lipinski definition) is 2. The van der Waals surface area contributed by atoms with Gasteiger partial charge in [-0.2, -0.15) is 0 Å². The van der Waals surface area contributed by atoms with E-state index in [1.165, 1.54) is 18.4 Å². The zero-order valence-electron chi connectivity index (χ0n) is 15.6. The van der Waals surface area contributed by atoms with Crippen molar-refractivity contribution in [3.63, 3.8) is 0 Å². The number of hydrogen-bond donors (Lipinski definition) is 1. The average molecular weight is 344 g/mol. The molecule has 0 bridgehead atoms. The summed E-state index contributed by atoms with van der Waals surface area (Å²) < 4.78 is 6.26. The summed E-state index contributed by atoms with van der Waals surface area (Å²) in [7, 11) is 0.